The van der Waals surface area contributed by atoms with E-state index >= 15 is 0 Å². The Labute approximate surface area is 99.8 Å². The third-order valence-electron chi connectivity index (χ3n) is 2.54. The van der Waals surface area contributed by atoms with Gasteiger partial charge >= 0.3 is 17.6 Å². The maximum absolute atomic E-state index is 11.5. The van der Waals surface area contributed by atoms with Crippen LogP contribution in [0.15, 0.2) is 21.5 Å². The molecule has 0 unspecified atom stereocenters. The number of carbonyl (C=O) groups is 2. The molecule has 1 aromatic heterocycles. The van der Waals surface area contributed by atoms with Crippen LogP contribution in [0.3, 0.4) is 0 Å². The van der Waals surface area contributed by atoms with Crippen LogP contribution < -0.4 is 5.63 Å². The van der Waals surface area contributed by atoms with E-state index in [1.807, 2.05) is 0 Å². The van der Waals surface area contributed by atoms with Crippen LogP contribution in [0.4, 0.5) is 0 Å². The minimum absolute atomic E-state index is 0.0471. The Morgan fingerprint density at radius 2 is 1.94 bits per heavy atom. The SMILES string of the molecule is CCn1oc(=O)c2cc(C(=O)O)cc(C(=O)O)c21. The average Bonchev–Trinajstić information content (AvgIpc) is 2.65. The Morgan fingerprint density at radius 3 is 2.44 bits per heavy atom. The molecule has 2 N–H and O–H groups in total. The minimum Gasteiger partial charge on any atom is -0.478 e. The second-order valence-electron chi connectivity index (χ2n) is 3.60. The summed E-state index contributed by atoms with van der Waals surface area (Å²) >= 11 is 0. The van der Waals surface area contributed by atoms with Crippen LogP contribution in [0, 0.1) is 0 Å². The smallest absolute Gasteiger partial charge is 0.365 e. The highest BCUT2D eigenvalue weighted by atomic mass is 16.5. The van der Waals surface area contributed by atoms with Crippen molar-refractivity contribution in [1.29, 1.82) is 0 Å². The fourth-order valence-electron chi connectivity index (χ4n) is 1.76. The first-order chi connectivity index (χ1) is 8.45. The zero-order chi connectivity index (χ0) is 13.4. The molecule has 1 heterocycles. The normalized spacial score (nSPS) is 10.7. The van der Waals surface area contributed by atoms with Crippen LogP contribution in [0.2, 0.25) is 0 Å². The standard InChI is InChI=1S/C11H9NO6/c1-2-12-8-6(10(15)16)3-5(9(13)14)4-7(8)11(17)18-12/h3-4H,2H2,1H3,(H,13,14)(H,15,16). The summed E-state index contributed by atoms with van der Waals surface area (Å²) in [5, 5.41) is 17.9. The number of hydrogen-bond donors (Lipinski definition) is 2. The molecule has 7 heteroatoms. The minimum atomic E-state index is -1.31. The lowest BCUT2D eigenvalue weighted by Crippen LogP contribution is -2.06. The molecule has 0 radical (unpaired) electrons. The number of carboxylic acids is 2. The predicted octanol–water partition coefficient (Wildman–Crippen LogP) is 1.01. The van der Waals surface area contributed by atoms with Crippen LogP contribution in [0.1, 0.15) is 27.6 Å². The number of fused-ring (bicyclic) bond motifs is 1. The molecule has 0 saturated carbocycles. The molecule has 0 fully saturated rings. The van der Waals surface area contributed by atoms with Gasteiger partial charge in [0.05, 0.1) is 23.1 Å². The van der Waals surface area contributed by atoms with Gasteiger partial charge in [0.25, 0.3) is 0 Å². The number of nitrogens with zero attached hydrogens (tertiary/aromatic N) is 1. The van der Waals surface area contributed by atoms with Crippen molar-refractivity contribution in [3.8, 4) is 0 Å². The summed E-state index contributed by atoms with van der Waals surface area (Å²) in [6.45, 7) is 1.95. The van der Waals surface area contributed by atoms with Crippen LogP contribution in [0.25, 0.3) is 10.9 Å². The van der Waals surface area contributed by atoms with Crippen molar-refractivity contribution in [3.05, 3.63) is 33.7 Å². The summed E-state index contributed by atoms with van der Waals surface area (Å²) in [5.41, 5.74) is -1.18. The van der Waals surface area contributed by atoms with Gasteiger partial charge in [0.2, 0.25) is 0 Å². The Balaban J connectivity index is 2.96. The summed E-state index contributed by atoms with van der Waals surface area (Å²) < 4.78 is 5.98. The van der Waals surface area contributed by atoms with Gasteiger partial charge in [0, 0.05) is 0 Å². The molecular formula is C11H9NO6. The molecule has 0 spiro atoms. The molecule has 0 bridgehead atoms. The zero-order valence-corrected chi connectivity index (χ0v) is 9.34. The predicted molar refractivity (Wildman–Crippen MR) is 60.1 cm³/mol. The number of aromatic nitrogens is 1. The second kappa shape index (κ2) is 4.02. The van der Waals surface area contributed by atoms with Crippen LogP contribution in [-0.4, -0.2) is 26.9 Å². The maximum Gasteiger partial charge on any atom is 0.365 e. The highest BCUT2D eigenvalue weighted by molar-refractivity contribution is 6.05. The molecule has 0 saturated heterocycles. The largest absolute Gasteiger partial charge is 0.478 e. The summed E-state index contributed by atoms with van der Waals surface area (Å²) in [7, 11) is 0. The van der Waals surface area contributed by atoms with E-state index < -0.39 is 17.6 Å². The van der Waals surface area contributed by atoms with Crippen molar-refractivity contribution < 1.29 is 24.3 Å². The molecule has 0 atom stereocenters. The molecule has 0 aliphatic carbocycles. The van der Waals surface area contributed by atoms with E-state index in [1.165, 1.54) is 0 Å². The van der Waals surface area contributed by atoms with Gasteiger partial charge in [0.1, 0.15) is 5.52 Å². The summed E-state index contributed by atoms with van der Waals surface area (Å²) in [4.78, 5) is 33.5. The van der Waals surface area contributed by atoms with Crippen LogP contribution in [0.5, 0.6) is 0 Å². The zero-order valence-electron chi connectivity index (χ0n) is 9.34. The molecule has 18 heavy (non-hydrogen) atoms. The lowest BCUT2D eigenvalue weighted by molar-refractivity contribution is 0.0696. The van der Waals surface area contributed by atoms with Crippen molar-refractivity contribution >= 4 is 22.8 Å². The van der Waals surface area contributed by atoms with Gasteiger partial charge in [-0.2, -0.15) is 0 Å². The van der Waals surface area contributed by atoms with E-state index in [-0.39, 0.29) is 28.6 Å². The molecule has 0 aliphatic heterocycles. The summed E-state index contributed by atoms with van der Waals surface area (Å²) in [6, 6.07) is 2.12. The van der Waals surface area contributed by atoms with Crippen molar-refractivity contribution in [3.63, 3.8) is 0 Å². The highest BCUT2D eigenvalue weighted by Gasteiger charge is 2.20. The van der Waals surface area contributed by atoms with Gasteiger partial charge in [-0.15, -0.1) is 0 Å². The number of hydrogen-bond acceptors (Lipinski definition) is 4. The molecular weight excluding hydrogens is 242 g/mol. The van der Waals surface area contributed by atoms with Gasteiger partial charge < -0.3 is 14.7 Å². The van der Waals surface area contributed by atoms with E-state index in [0.29, 0.717) is 0 Å². The molecule has 2 rings (SSSR count). The lowest BCUT2D eigenvalue weighted by Gasteiger charge is -2.02. The first-order valence-electron chi connectivity index (χ1n) is 5.10. The Kier molecular flexibility index (Phi) is 2.66. The van der Waals surface area contributed by atoms with E-state index in [0.717, 1.165) is 16.9 Å². The van der Waals surface area contributed by atoms with E-state index in [2.05, 4.69) is 0 Å². The molecule has 94 valence electrons. The summed E-state index contributed by atoms with van der Waals surface area (Å²) in [5.74, 6) is -2.62. The summed E-state index contributed by atoms with van der Waals surface area (Å²) in [6.07, 6.45) is 0. The first kappa shape index (κ1) is 11.9. The van der Waals surface area contributed by atoms with Gasteiger partial charge in [-0.1, -0.05) is 0 Å². The Hall–Kier alpha value is -2.57. The number of aryl methyl sites for hydroxylation is 1. The van der Waals surface area contributed by atoms with Gasteiger partial charge in [-0.25, -0.2) is 19.1 Å². The quantitative estimate of drug-likeness (QED) is 0.842. The number of benzene rings is 1. The first-order valence-corrected chi connectivity index (χ1v) is 5.10. The Morgan fingerprint density at radius 1 is 1.28 bits per heavy atom. The third kappa shape index (κ3) is 1.65. The van der Waals surface area contributed by atoms with E-state index in [1.54, 1.807) is 6.92 Å². The number of carboxylic acid groups (broad SMARTS) is 2. The van der Waals surface area contributed by atoms with Crippen LogP contribution >= 0.6 is 0 Å². The fourth-order valence-corrected chi connectivity index (χ4v) is 1.76. The molecule has 7 nitrogen and oxygen atoms in total. The van der Waals surface area contributed by atoms with Crippen molar-refractivity contribution in [2.75, 3.05) is 0 Å². The fraction of sp³-hybridized carbons (Fsp3) is 0.182. The molecule has 0 aliphatic rings. The topological polar surface area (TPSA) is 110 Å². The van der Waals surface area contributed by atoms with Crippen molar-refractivity contribution in [1.82, 2.24) is 4.74 Å². The maximum atomic E-state index is 11.5. The van der Waals surface area contributed by atoms with Gasteiger partial charge in [-0.05, 0) is 19.1 Å². The lowest BCUT2D eigenvalue weighted by atomic mass is 10.1. The monoisotopic (exact) mass is 251 g/mol. The number of rotatable bonds is 3. The second-order valence-corrected chi connectivity index (χ2v) is 3.60. The highest BCUT2D eigenvalue weighted by Crippen LogP contribution is 2.20. The molecule has 1 aromatic carbocycles. The van der Waals surface area contributed by atoms with E-state index in [9.17, 15) is 14.4 Å². The van der Waals surface area contributed by atoms with Gasteiger partial charge in [0.15, 0.2) is 0 Å². The molecule has 2 aromatic rings. The van der Waals surface area contributed by atoms with Crippen molar-refractivity contribution in [2.24, 2.45) is 0 Å². The van der Waals surface area contributed by atoms with Gasteiger partial charge in [-0.3, -0.25) is 0 Å². The molecule has 0 amide bonds. The number of aromatic carboxylic acids is 2. The third-order valence-corrected chi connectivity index (χ3v) is 2.54. The average molecular weight is 251 g/mol. The van der Waals surface area contributed by atoms with E-state index in [4.69, 9.17) is 14.7 Å². The Bertz CT molecular complexity index is 708. The van der Waals surface area contributed by atoms with Crippen LogP contribution in [-0.2, 0) is 6.54 Å². The van der Waals surface area contributed by atoms with Crippen molar-refractivity contribution in [2.45, 2.75) is 13.5 Å².